The lowest BCUT2D eigenvalue weighted by Crippen LogP contribution is -2.27. The number of aromatic nitrogens is 1. The minimum atomic E-state index is 0.675. The Bertz CT molecular complexity index is 373. The second-order valence-corrected chi connectivity index (χ2v) is 5.02. The first-order valence-electron chi connectivity index (χ1n) is 7.32. The monoisotopic (exact) mass is 263 g/mol. The number of nitrogens with zero attached hydrogens (tertiary/aromatic N) is 2. The van der Waals surface area contributed by atoms with Crippen LogP contribution in [0.4, 0.5) is 5.82 Å². The van der Waals surface area contributed by atoms with Crippen LogP contribution in [-0.2, 0) is 11.3 Å². The Kier molecular flexibility index (Phi) is 5.61. The van der Waals surface area contributed by atoms with Gasteiger partial charge in [0, 0.05) is 44.5 Å². The van der Waals surface area contributed by atoms with E-state index in [1.165, 1.54) is 12.0 Å². The van der Waals surface area contributed by atoms with Crippen molar-refractivity contribution in [2.24, 2.45) is 5.92 Å². The van der Waals surface area contributed by atoms with Crippen molar-refractivity contribution < 1.29 is 4.74 Å². The molecule has 4 heteroatoms. The summed E-state index contributed by atoms with van der Waals surface area (Å²) >= 11 is 0. The van der Waals surface area contributed by atoms with Crippen LogP contribution in [-0.4, -0.2) is 37.8 Å². The van der Waals surface area contributed by atoms with Gasteiger partial charge in [0.2, 0.25) is 0 Å². The summed E-state index contributed by atoms with van der Waals surface area (Å²) in [6.07, 6.45) is 3.06. The first kappa shape index (κ1) is 14.3. The SMILES string of the molecule is CCN(CC)c1ncccc1CNC[C@@H]1CCOC1. The minimum absolute atomic E-state index is 0.675. The van der Waals surface area contributed by atoms with E-state index >= 15 is 0 Å². The van der Waals surface area contributed by atoms with E-state index in [1.54, 1.807) is 0 Å². The normalized spacial score (nSPS) is 18.7. The maximum atomic E-state index is 5.40. The van der Waals surface area contributed by atoms with Crippen LogP contribution in [0, 0.1) is 5.92 Å². The highest BCUT2D eigenvalue weighted by Crippen LogP contribution is 2.17. The number of anilines is 1. The number of hydrogen-bond acceptors (Lipinski definition) is 4. The smallest absolute Gasteiger partial charge is 0.132 e. The molecule has 0 spiro atoms. The van der Waals surface area contributed by atoms with Gasteiger partial charge in [0.25, 0.3) is 0 Å². The van der Waals surface area contributed by atoms with Crippen molar-refractivity contribution in [2.75, 3.05) is 37.7 Å². The number of pyridine rings is 1. The van der Waals surface area contributed by atoms with E-state index in [0.717, 1.165) is 45.2 Å². The second-order valence-electron chi connectivity index (χ2n) is 5.02. The fourth-order valence-corrected chi connectivity index (χ4v) is 2.53. The zero-order chi connectivity index (χ0) is 13.5. The average molecular weight is 263 g/mol. The molecule has 2 heterocycles. The Morgan fingerprint density at radius 1 is 1.42 bits per heavy atom. The Hall–Kier alpha value is -1.13. The van der Waals surface area contributed by atoms with Crippen molar-refractivity contribution >= 4 is 5.82 Å². The van der Waals surface area contributed by atoms with Gasteiger partial charge in [-0.3, -0.25) is 0 Å². The molecule has 2 rings (SSSR count). The number of nitrogens with one attached hydrogen (secondary N) is 1. The molecule has 0 bridgehead atoms. The van der Waals surface area contributed by atoms with Crippen molar-refractivity contribution in [2.45, 2.75) is 26.8 Å². The molecule has 1 N–H and O–H groups in total. The summed E-state index contributed by atoms with van der Waals surface area (Å²) in [5.41, 5.74) is 1.28. The predicted molar refractivity (Wildman–Crippen MR) is 78.4 cm³/mol. The van der Waals surface area contributed by atoms with Gasteiger partial charge in [-0.05, 0) is 32.3 Å². The molecule has 1 saturated heterocycles. The molecule has 0 saturated carbocycles. The third-order valence-electron chi connectivity index (χ3n) is 3.70. The lowest BCUT2D eigenvalue weighted by molar-refractivity contribution is 0.185. The highest BCUT2D eigenvalue weighted by Gasteiger charge is 2.15. The predicted octanol–water partition coefficient (Wildman–Crippen LogP) is 2.05. The molecule has 4 nitrogen and oxygen atoms in total. The van der Waals surface area contributed by atoms with E-state index in [0.29, 0.717) is 5.92 Å². The lowest BCUT2D eigenvalue weighted by atomic mass is 10.1. The van der Waals surface area contributed by atoms with Crippen LogP contribution in [0.15, 0.2) is 18.3 Å². The molecule has 1 aromatic rings. The Balaban J connectivity index is 1.91. The number of rotatable bonds is 7. The van der Waals surface area contributed by atoms with Gasteiger partial charge in [0.05, 0.1) is 6.61 Å². The molecular formula is C15H25N3O. The molecule has 0 radical (unpaired) electrons. The van der Waals surface area contributed by atoms with Crippen LogP contribution < -0.4 is 10.2 Å². The summed E-state index contributed by atoms with van der Waals surface area (Å²) in [5, 5.41) is 3.54. The van der Waals surface area contributed by atoms with E-state index in [4.69, 9.17) is 4.74 Å². The van der Waals surface area contributed by atoms with Gasteiger partial charge in [-0.2, -0.15) is 0 Å². The molecule has 19 heavy (non-hydrogen) atoms. The Labute approximate surface area is 116 Å². The van der Waals surface area contributed by atoms with Crippen LogP contribution in [0.25, 0.3) is 0 Å². The van der Waals surface area contributed by atoms with E-state index < -0.39 is 0 Å². The second kappa shape index (κ2) is 7.46. The van der Waals surface area contributed by atoms with Crippen LogP contribution in [0.3, 0.4) is 0 Å². The molecule has 1 fully saturated rings. The number of ether oxygens (including phenoxy) is 1. The summed E-state index contributed by atoms with van der Waals surface area (Å²) < 4.78 is 5.40. The zero-order valence-electron chi connectivity index (χ0n) is 12.1. The molecule has 1 aliphatic rings. The molecule has 1 aromatic heterocycles. The third-order valence-corrected chi connectivity index (χ3v) is 3.70. The Morgan fingerprint density at radius 3 is 2.95 bits per heavy atom. The molecule has 0 unspecified atom stereocenters. The van der Waals surface area contributed by atoms with Crippen molar-refractivity contribution in [1.82, 2.24) is 10.3 Å². The van der Waals surface area contributed by atoms with E-state index in [9.17, 15) is 0 Å². The largest absolute Gasteiger partial charge is 0.381 e. The fourth-order valence-electron chi connectivity index (χ4n) is 2.53. The molecule has 1 aliphatic heterocycles. The van der Waals surface area contributed by atoms with Crippen molar-refractivity contribution in [3.63, 3.8) is 0 Å². The van der Waals surface area contributed by atoms with Crippen molar-refractivity contribution in [3.8, 4) is 0 Å². The van der Waals surface area contributed by atoms with Crippen LogP contribution in [0.2, 0.25) is 0 Å². The van der Waals surface area contributed by atoms with Crippen LogP contribution in [0.1, 0.15) is 25.8 Å². The maximum absolute atomic E-state index is 5.40. The molecule has 106 valence electrons. The van der Waals surface area contributed by atoms with E-state index in [2.05, 4.69) is 35.1 Å². The summed E-state index contributed by atoms with van der Waals surface area (Å²) in [5.74, 6) is 1.79. The van der Waals surface area contributed by atoms with Gasteiger partial charge >= 0.3 is 0 Å². The highest BCUT2D eigenvalue weighted by molar-refractivity contribution is 5.46. The van der Waals surface area contributed by atoms with Crippen LogP contribution in [0.5, 0.6) is 0 Å². The minimum Gasteiger partial charge on any atom is -0.381 e. The molecule has 0 amide bonds. The average Bonchev–Trinajstić information content (AvgIpc) is 2.95. The first-order chi connectivity index (χ1) is 9.35. The number of hydrogen-bond donors (Lipinski definition) is 1. The molecule has 0 aromatic carbocycles. The van der Waals surface area contributed by atoms with Gasteiger partial charge in [-0.1, -0.05) is 6.07 Å². The molecule has 0 aliphatic carbocycles. The van der Waals surface area contributed by atoms with Crippen LogP contribution >= 0.6 is 0 Å². The third kappa shape index (κ3) is 3.91. The first-order valence-corrected chi connectivity index (χ1v) is 7.32. The summed E-state index contributed by atoms with van der Waals surface area (Å²) in [7, 11) is 0. The lowest BCUT2D eigenvalue weighted by Gasteiger charge is -2.23. The molecular weight excluding hydrogens is 238 g/mol. The quantitative estimate of drug-likeness (QED) is 0.817. The van der Waals surface area contributed by atoms with Gasteiger partial charge in [0.15, 0.2) is 0 Å². The van der Waals surface area contributed by atoms with E-state index in [-0.39, 0.29) is 0 Å². The van der Waals surface area contributed by atoms with Gasteiger partial charge in [-0.25, -0.2) is 4.98 Å². The van der Waals surface area contributed by atoms with Gasteiger partial charge in [0.1, 0.15) is 5.82 Å². The van der Waals surface area contributed by atoms with Crippen molar-refractivity contribution in [3.05, 3.63) is 23.9 Å². The standard InChI is InChI=1S/C15H25N3O/c1-3-18(4-2)15-14(6-5-8-17-15)11-16-10-13-7-9-19-12-13/h5-6,8,13,16H,3-4,7,9-12H2,1-2H3/t13-/m0/s1. The summed E-state index contributed by atoms with van der Waals surface area (Å²) in [4.78, 5) is 6.83. The zero-order valence-corrected chi connectivity index (χ0v) is 12.1. The fraction of sp³-hybridized carbons (Fsp3) is 0.667. The summed E-state index contributed by atoms with van der Waals surface area (Å²) in [6.45, 7) is 10.1. The maximum Gasteiger partial charge on any atom is 0.132 e. The molecule has 1 atom stereocenters. The van der Waals surface area contributed by atoms with Crippen molar-refractivity contribution in [1.29, 1.82) is 0 Å². The summed E-state index contributed by atoms with van der Waals surface area (Å²) in [6, 6.07) is 4.18. The Morgan fingerprint density at radius 2 is 2.26 bits per heavy atom. The highest BCUT2D eigenvalue weighted by atomic mass is 16.5. The van der Waals surface area contributed by atoms with Gasteiger partial charge < -0.3 is 15.0 Å². The van der Waals surface area contributed by atoms with E-state index in [1.807, 2.05) is 12.3 Å². The van der Waals surface area contributed by atoms with Gasteiger partial charge in [-0.15, -0.1) is 0 Å². The topological polar surface area (TPSA) is 37.4 Å².